The van der Waals surface area contributed by atoms with Gasteiger partial charge in [0.15, 0.2) is 5.11 Å². The molecule has 84 valence electrons. The van der Waals surface area contributed by atoms with Gasteiger partial charge in [-0.3, -0.25) is 0 Å². The van der Waals surface area contributed by atoms with Crippen LogP contribution in [0, 0.1) is 5.92 Å². The Morgan fingerprint density at radius 2 is 1.86 bits per heavy atom. The number of rotatable bonds is 7. The van der Waals surface area contributed by atoms with Gasteiger partial charge in [-0.2, -0.15) is 0 Å². The van der Waals surface area contributed by atoms with Crippen LogP contribution in [-0.2, 0) is 0 Å². The molecule has 0 amide bonds. The average Bonchev–Trinajstić information content (AvgIpc) is 2.15. The lowest BCUT2D eigenvalue weighted by Gasteiger charge is -2.07. The molecule has 0 fully saturated rings. The summed E-state index contributed by atoms with van der Waals surface area (Å²) in [5.74, 6) is 5.95. The molecule has 0 heterocycles. The predicted octanol–water partition coefficient (Wildman–Crippen LogP) is 1.93. The number of nitrogens with two attached hydrogens (primary N) is 1. The third-order valence-corrected chi connectivity index (χ3v) is 2.39. The Hall–Kier alpha value is -0.350. The van der Waals surface area contributed by atoms with Crippen molar-refractivity contribution >= 4 is 17.3 Å². The second-order valence-electron chi connectivity index (χ2n) is 4.00. The van der Waals surface area contributed by atoms with E-state index in [0.717, 1.165) is 12.5 Å². The van der Waals surface area contributed by atoms with Crippen LogP contribution in [-0.4, -0.2) is 11.7 Å². The molecule has 0 unspecified atom stereocenters. The molecule has 0 rings (SSSR count). The Bertz CT molecular complexity index is 148. The minimum Gasteiger partial charge on any atom is -0.362 e. The molecule has 0 aromatic carbocycles. The molecule has 14 heavy (non-hydrogen) atoms. The number of hydrogen-bond acceptors (Lipinski definition) is 2. The Kier molecular flexibility index (Phi) is 8.98. The molecule has 3 nitrogen and oxygen atoms in total. The molecular weight excluding hydrogens is 194 g/mol. The van der Waals surface area contributed by atoms with Crippen LogP contribution in [0.1, 0.15) is 46.0 Å². The molecule has 0 bridgehead atoms. The van der Waals surface area contributed by atoms with Crippen molar-refractivity contribution in [3.05, 3.63) is 0 Å². The summed E-state index contributed by atoms with van der Waals surface area (Å²) in [5.41, 5.74) is 2.40. The first-order valence-electron chi connectivity index (χ1n) is 5.41. The van der Waals surface area contributed by atoms with Gasteiger partial charge < -0.3 is 10.7 Å². The fraction of sp³-hybridized carbons (Fsp3) is 0.900. The molecule has 4 heteroatoms. The summed E-state index contributed by atoms with van der Waals surface area (Å²) in [6.45, 7) is 5.46. The molecule has 0 aliphatic carbocycles. The maximum absolute atomic E-state index is 5.11. The van der Waals surface area contributed by atoms with E-state index in [-0.39, 0.29) is 0 Å². The van der Waals surface area contributed by atoms with Gasteiger partial charge in [0.2, 0.25) is 0 Å². The molecular formula is C10H23N3S. The largest absolute Gasteiger partial charge is 0.362 e. The summed E-state index contributed by atoms with van der Waals surface area (Å²) in [6, 6.07) is 0. The quantitative estimate of drug-likeness (QED) is 0.264. The topological polar surface area (TPSA) is 50.1 Å². The van der Waals surface area contributed by atoms with E-state index in [4.69, 9.17) is 18.1 Å². The van der Waals surface area contributed by atoms with Crippen LogP contribution in [0.5, 0.6) is 0 Å². The lowest BCUT2D eigenvalue weighted by molar-refractivity contribution is 0.519. The second-order valence-corrected chi connectivity index (χ2v) is 4.41. The van der Waals surface area contributed by atoms with Gasteiger partial charge in [0.25, 0.3) is 0 Å². The molecule has 0 aliphatic heterocycles. The molecule has 0 aromatic heterocycles. The van der Waals surface area contributed by atoms with Crippen molar-refractivity contribution in [3.63, 3.8) is 0 Å². The zero-order chi connectivity index (χ0) is 10.8. The highest BCUT2D eigenvalue weighted by atomic mass is 32.1. The van der Waals surface area contributed by atoms with Gasteiger partial charge >= 0.3 is 0 Å². The SMILES string of the molecule is CC(C)CCCCCCNC(=S)NN. The summed E-state index contributed by atoms with van der Waals surface area (Å²) < 4.78 is 0. The normalized spacial score (nSPS) is 10.3. The third kappa shape index (κ3) is 9.74. The van der Waals surface area contributed by atoms with Gasteiger partial charge in [0, 0.05) is 6.54 Å². The van der Waals surface area contributed by atoms with Crippen LogP contribution < -0.4 is 16.6 Å². The first-order chi connectivity index (χ1) is 6.66. The summed E-state index contributed by atoms with van der Waals surface area (Å²) in [7, 11) is 0. The minimum absolute atomic E-state index is 0.534. The zero-order valence-corrected chi connectivity index (χ0v) is 10.1. The van der Waals surface area contributed by atoms with E-state index in [2.05, 4.69) is 24.6 Å². The zero-order valence-electron chi connectivity index (χ0n) is 9.31. The van der Waals surface area contributed by atoms with Gasteiger partial charge in [-0.25, -0.2) is 5.84 Å². The molecule has 0 saturated heterocycles. The third-order valence-electron chi connectivity index (χ3n) is 2.12. The maximum Gasteiger partial charge on any atom is 0.180 e. The van der Waals surface area contributed by atoms with E-state index in [9.17, 15) is 0 Å². The van der Waals surface area contributed by atoms with Crippen LogP contribution in [0.2, 0.25) is 0 Å². The highest BCUT2D eigenvalue weighted by molar-refractivity contribution is 7.80. The summed E-state index contributed by atoms with van der Waals surface area (Å²) in [6.07, 6.45) is 6.45. The van der Waals surface area contributed by atoms with Gasteiger partial charge in [0.05, 0.1) is 0 Å². The van der Waals surface area contributed by atoms with Crippen LogP contribution in [0.3, 0.4) is 0 Å². The van der Waals surface area contributed by atoms with Crippen molar-refractivity contribution in [1.82, 2.24) is 10.7 Å². The number of hydrogen-bond donors (Lipinski definition) is 3. The van der Waals surface area contributed by atoms with Gasteiger partial charge in [-0.1, -0.05) is 39.5 Å². The van der Waals surface area contributed by atoms with E-state index >= 15 is 0 Å². The van der Waals surface area contributed by atoms with Crippen molar-refractivity contribution in [2.24, 2.45) is 11.8 Å². The maximum atomic E-state index is 5.11. The first kappa shape index (κ1) is 13.7. The molecule has 0 aliphatic rings. The molecule has 0 atom stereocenters. The Morgan fingerprint density at radius 3 is 2.43 bits per heavy atom. The van der Waals surface area contributed by atoms with Gasteiger partial charge in [0.1, 0.15) is 0 Å². The van der Waals surface area contributed by atoms with Crippen molar-refractivity contribution in [1.29, 1.82) is 0 Å². The minimum atomic E-state index is 0.534. The molecule has 4 N–H and O–H groups in total. The number of unbranched alkanes of at least 4 members (excludes halogenated alkanes) is 3. The lowest BCUT2D eigenvalue weighted by Crippen LogP contribution is -2.39. The highest BCUT2D eigenvalue weighted by Gasteiger charge is 1.95. The predicted molar refractivity (Wildman–Crippen MR) is 65.8 cm³/mol. The smallest absolute Gasteiger partial charge is 0.180 e. The van der Waals surface area contributed by atoms with Crippen LogP contribution in [0.15, 0.2) is 0 Å². The number of thiocarbonyl (C=S) groups is 1. The van der Waals surface area contributed by atoms with Gasteiger partial charge in [-0.05, 0) is 24.6 Å². The number of hydrazine groups is 1. The molecule has 0 radical (unpaired) electrons. The van der Waals surface area contributed by atoms with Crippen molar-refractivity contribution < 1.29 is 0 Å². The van der Waals surface area contributed by atoms with E-state index in [1.807, 2.05) is 0 Å². The fourth-order valence-corrected chi connectivity index (χ4v) is 1.39. The number of nitrogens with one attached hydrogen (secondary N) is 2. The van der Waals surface area contributed by atoms with E-state index < -0.39 is 0 Å². The van der Waals surface area contributed by atoms with E-state index in [1.54, 1.807) is 0 Å². The molecule has 0 saturated carbocycles. The Balaban J connectivity index is 3.03. The van der Waals surface area contributed by atoms with Crippen LogP contribution in [0.4, 0.5) is 0 Å². The van der Waals surface area contributed by atoms with Crippen LogP contribution >= 0.6 is 12.2 Å². The summed E-state index contributed by atoms with van der Waals surface area (Å²) in [5, 5.41) is 3.56. The van der Waals surface area contributed by atoms with E-state index in [0.29, 0.717) is 5.11 Å². The summed E-state index contributed by atoms with van der Waals surface area (Å²) >= 11 is 4.84. The standard InChI is InChI=1S/C10H23N3S/c1-9(2)7-5-3-4-6-8-12-10(14)13-11/h9H,3-8,11H2,1-2H3,(H2,12,13,14). The Labute approximate surface area is 92.8 Å². The van der Waals surface area contributed by atoms with E-state index in [1.165, 1.54) is 32.1 Å². The first-order valence-corrected chi connectivity index (χ1v) is 5.82. The van der Waals surface area contributed by atoms with Gasteiger partial charge in [-0.15, -0.1) is 0 Å². The van der Waals surface area contributed by atoms with Crippen molar-refractivity contribution in [2.75, 3.05) is 6.54 Å². The fourth-order valence-electron chi connectivity index (χ4n) is 1.28. The average molecular weight is 217 g/mol. The van der Waals surface area contributed by atoms with Crippen LogP contribution in [0.25, 0.3) is 0 Å². The second kappa shape index (κ2) is 9.21. The van der Waals surface area contributed by atoms with Crippen molar-refractivity contribution in [3.8, 4) is 0 Å². The lowest BCUT2D eigenvalue weighted by atomic mass is 10.0. The van der Waals surface area contributed by atoms with Crippen molar-refractivity contribution in [2.45, 2.75) is 46.0 Å². The molecule has 0 spiro atoms. The Morgan fingerprint density at radius 1 is 1.21 bits per heavy atom. The molecule has 0 aromatic rings. The highest BCUT2D eigenvalue weighted by Crippen LogP contribution is 2.08. The summed E-state index contributed by atoms with van der Waals surface area (Å²) in [4.78, 5) is 0. The monoisotopic (exact) mass is 217 g/mol.